The molecule has 1 saturated carbocycles. The fourth-order valence-electron chi connectivity index (χ4n) is 2.34. The summed E-state index contributed by atoms with van der Waals surface area (Å²) in [4.78, 5) is 13.9. The monoisotopic (exact) mass is 196 g/mol. The fourth-order valence-corrected chi connectivity index (χ4v) is 2.34. The molecule has 80 valence electrons. The third-order valence-corrected chi connectivity index (χ3v) is 3.83. The van der Waals surface area contributed by atoms with Crippen LogP contribution in [0.5, 0.6) is 0 Å². The number of amides is 1. The van der Waals surface area contributed by atoms with Gasteiger partial charge >= 0.3 is 0 Å². The van der Waals surface area contributed by atoms with E-state index in [9.17, 15) is 4.79 Å². The van der Waals surface area contributed by atoms with Crippen molar-refractivity contribution in [2.45, 2.75) is 57.0 Å². The number of nitrogens with zero attached hydrogens (tertiary/aromatic N) is 1. The number of nitrogens with two attached hydrogens (primary N) is 1. The zero-order valence-electron chi connectivity index (χ0n) is 9.18. The Balaban J connectivity index is 1.90. The largest absolute Gasteiger partial charge is 0.337 e. The third-order valence-electron chi connectivity index (χ3n) is 3.83. The Hall–Kier alpha value is -0.570. The van der Waals surface area contributed by atoms with Gasteiger partial charge in [-0.1, -0.05) is 0 Å². The summed E-state index contributed by atoms with van der Waals surface area (Å²) < 4.78 is 0. The first-order chi connectivity index (χ1) is 6.43. The summed E-state index contributed by atoms with van der Waals surface area (Å²) in [7, 11) is 0. The number of carbonyl (C=O) groups excluding carboxylic acids is 1. The molecule has 0 radical (unpaired) electrons. The van der Waals surface area contributed by atoms with Gasteiger partial charge in [-0.25, -0.2) is 0 Å². The van der Waals surface area contributed by atoms with Crippen molar-refractivity contribution in [1.82, 2.24) is 4.90 Å². The van der Waals surface area contributed by atoms with Crippen LogP contribution in [0.4, 0.5) is 0 Å². The molecule has 2 N–H and O–H groups in total. The maximum absolute atomic E-state index is 11.9. The molecule has 2 fully saturated rings. The van der Waals surface area contributed by atoms with Crippen molar-refractivity contribution >= 4 is 5.91 Å². The Morgan fingerprint density at radius 2 is 2.00 bits per heavy atom. The van der Waals surface area contributed by atoms with Crippen molar-refractivity contribution < 1.29 is 4.79 Å². The number of hydrogen-bond donors (Lipinski definition) is 1. The zero-order chi connectivity index (χ0) is 10.4. The van der Waals surface area contributed by atoms with Crippen LogP contribution in [0.2, 0.25) is 0 Å². The number of carbonyl (C=O) groups is 1. The molecular weight excluding hydrogens is 176 g/mol. The first-order valence-electron chi connectivity index (χ1n) is 5.52. The summed E-state index contributed by atoms with van der Waals surface area (Å²) in [5.74, 6) is 0.253. The van der Waals surface area contributed by atoms with Gasteiger partial charge in [-0.2, -0.15) is 0 Å². The lowest BCUT2D eigenvalue weighted by atomic mass is 9.74. The van der Waals surface area contributed by atoms with E-state index in [1.165, 1.54) is 6.42 Å². The Kier molecular flexibility index (Phi) is 2.11. The number of likely N-dealkylation sites (tertiary alicyclic amines) is 1. The molecule has 1 aliphatic carbocycles. The minimum atomic E-state index is -0.164. The van der Waals surface area contributed by atoms with Crippen LogP contribution < -0.4 is 5.73 Å². The van der Waals surface area contributed by atoms with Crippen molar-refractivity contribution in [3.63, 3.8) is 0 Å². The van der Waals surface area contributed by atoms with Crippen molar-refractivity contribution in [3.8, 4) is 0 Å². The lowest BCUT2D eigenvalue weighted by Gasteiger charge is -2.50. The topological polar surface area (TPSA) is 46.3 Å². The van der Waals surface area contributed by atoms with Crippen molar-refractivity contribution in [2.75, 3.05) is 6.54 Å². The van der Waals surface area contributed by atoms with E-state index < -0.39 is 0 Å². The molecule has 0 spiro atoms. The summed E-state index contributed by atoms with van der Waals surface area (Å²) >= 11 is 0. The van der Waals surface area contributed by atoms with Gasteiger partial charge in [0.15, 0.2) is 0 Å². The average molecular weight is 196 g/mol. The van der Waals surface area contributed by atoms with E-state index in [0.717, 1.165) is 25.8 Å². The van der Waals surface area contributed by atoms with E-state index in [0.29, 0.717) is 6.42 Å². The Morgan fingerprint density at radius 3 is 2.29 bits per heavy atom. The molecular formula is C11H20N2O. The van der Waals surface area contributed by atoms with Crippen LogP contribution in [0.25, 0.3) is 0 Å². The molecule has 2 aliphatic rings. The molecule has 0 aromatic rings. The van der Waals surface area contributed by atoms with E-state index in [4.69, 9.17) is 5.73 Å². The minimum Gasteiger partial charge on any atom is -0.337 e. The molecule has 3 heteroatoms. The molecule has 1 amide bonds. The quantitative estimate of drug-likeness (QED) is 0.723. The zero-order valence-corrected chi connectivity index (χ0v) is 9.18. The highest BCUT2D eigenvalue weighted by Crippen LogP contribution is 2.36. The lowest BCUT2D eigenvalue weighted by Crippen LogP contribution is -2.61. The summed E-state index contributed by atoms with van der Waals surface area (Å²) in [5.41, 5.74) is 5.98. The molecule has 0 aromatic heterocycles. The molecule has 1 aliphatic heterocycles. The molecule has 0 atom stereocenters. The van der Waals surface area contributed by atoms with Gasteiger partial charge in [0.2, 0.25) is 5.91 Å². The summed E-state index contributed by atoms with van der Waals surface area (Å²) in [6.45, 7) is 5.17. The van der Waals surface area contributed by atoms with Gasteiger partial charge in [0.05, 0.1) is 0 Å². The number of rotatable bonds is 2. The predicted molar refractivity (Wildman–Crippen MR) is 55.8 cm³/mol. The summed E-state index contributed by atoms with van der Waals surface area (Å²) in [6, 6.07) is 0. The summed E-state index contributed by atoms with van der Waals surface area (Å²) in [5, 5.41) is 0. The lowest BCUT2D eigenvalue weighted by molar-refractivity contribution is -0.146. The molecule has 2 rings (SSSR count). The molecule has 0 unspecified atom stereocenters. The first-order valence-corrected chi connectivity index (χ1v) is 5.52. The maximum atomic E-state index is 11.9. The van der Waals surface area contributed by atoms with Gasteiger partial charge < -0.3 is 10.6 Å². The van der Waals surface area contributed by atoms with Crippen LogP contribution in [0, 0.1) is 0 Å². The SMILES string of the molecule is CC1(C)CCN1C(=O)CC1(N)CCC1. The number of hydrogen-bond acceptors (Lipinski definition) is 2. The third kappa shape index (κ3) is 1.54. The van der Waals surface area contributed by atoms with Crippen LogP contribution in [0.15, 0.2) is 0 Å². The van der Waals surface area contributed by atoms with Gasteiger partial charge in [-0.15, -0.1) is 0 Å². The highest BCUT2D eigenvalue weighted by Gasteiger charge is 2.43. The molecule has 1 heterocycles. The van der Waals surface area contributed by atoms with Gasteiger partial charge in [0, 0.05) is 24.0 Å². The molecule has 14 heavy (non-hydrogen) atoms. The maximum Gasteiger partial charge on any atom is 0.224 e. The second-order valence-corrected chi connectivity index (χ2v) is 5.50. The van der Waals surface area contributed by atoms with Crippen LogP contribution in [0.1, 0.15) is 46.0 Å². The highest BCUT2D eigenvalue weighted by atomic mass is 16.2. The first kappa shape index (κ1) is 9.97. The highest BCUT2D eigenvalue weighted by molar-refractivity contribution is 5.79. The molecule has 0 aromatic carbocycles. The minimum absolute atomic E-state index is 0.0805. The van der Waals surface area contributed by atoms with E-state index >= 15 is 0 Å². The van der Waals surface area contributed by atoms with Gasteiger partial charge in [0.1, 0.15) is 0 Å². The van der Waals surface area contributed by atoms with Gasteiger partial charge in [0.25, 0.3) is 0 Å². The fraction of sp³-hybridized carbons (Fsp3) is 0.909. The molecule has 3 nitrogen and oxygen atoms in total. The Morgan fingerprint density at radius 1 is 1.36 bits per heavy atom. The predicted octanol–water partition coefficient (Wildman–Crippen LogP) is 1.27. The van der Waals surface area contributed by atoms with Crippen molar-refractivity contribution in [2.24, 2.45) is 5.73 Å². The van der Waals surface area contributed by atoms with E-state index in [1.807, 2.05) is 4.90 Å². The van der Waals surface area contributed by atoms with Crippen molar-refractivity contribution in [1.29, 1.82) is 0 Å². The van der Waals surface area contributed by atoms with E-state index in [-0.39, 0.29) is 17.0 Å². The van der Waals surface area contributed by atoms with E-state index in [1.54, 1.807) is 0 Å². The van der Waals surface area contributed by atoms with Gasteiger partial charge in [-0.3, -0.25) is 4.79 Å². The standard InChI is InChI=1S/C11H20N2O/c1-10(2)6-7-13(10)9(14)8-11(12)4-3-5-11/h3-8,12H2,1-2H3. The van der Waals surface area contributed by atoms with Crippen LogP contribution >= 0.6 is 0 Å². The Labute approximate surface area is 85.6 Å². The normalized spacial score (nSPS) is 27.8. The summed E-state index contributed by atoms with van der Waals surface area (Å²) in [6.07, 6.45) is 4.90. The molecule has 1 saturated heterocycles. The van der Waals surface area contributed by atoms with Gasteiger partial charge in [-0.05, 0) is 39.5 Å². The Bertz CT molecular complexity index is 256. The molecule has 0 bridgehead atoms. The van der Waals surface area contributed by atoms with E-state index in [2.05, 4.69) is 13.8 Å². The second kappa shape index (κ2) is 2.96. The van der Waals surface area contributed by atoms with Crippen molar-refractivity contribution in [3.05, 3.63) is 0 Å². The van der Waals surface area contributed by atoms with Crippen LogP contribution in [-0.4, -0.2) is 28.4 Å². The second-order valence-electron chi connectivity index (χ2n) is 5.50. The van der Waals surface area contributed by atoms with Crippen LogP contribution in [-0.2, 0) is 4.79 Å². The average Bonchev–Trinajstić information content (AvgIpc) is 1.99. The smallest absolute Gasteiger partial charge is 0.224 e. The van der Waals surface area contributed by atoms with Crippen LogP contribution in [0.3, 0.4) is 0 Å².